The maximum Gasteiger partial charge on any atom is 0.340 e. The van der Waals surface area contributed by atoms with Crippen molar-refractivity contribution in [2.24, 2.45) is 0 Å². The first-order valence-corrected chi connectivity index (χ1v) is 8.10. The number of para-hydroxylation sites is 1. The molecular weight excluding hydrogens is 332 g/mol. The smallest absolute Gasteiger partial charge is 0.340 e. The van der Waals surface area contributed by atoms with E-state index in [0.717, 1.165) is 5.56 Å². The summed E-state index contributed by atoms with van der Waals surface area (Å²) in [6.07, 6.45) is 0. The molecule has 1 aromatic heterocycles. The fraction of sp³-hybridized carbons (Fsp3) is 0.150. The molecule has 1 heterocycles. The summed E-state index contributed by atoms with van der Waals surface area (Å²) in [6.45, 7) is 3.60. The van der Waals surface area contributed by atoms with E-state index in [2.05, 4.69) is 10.5 Å². The summed E-state index contributed by atoms with van der Waals surface area (Å²) in [5.41, 5.74) is 2.60. The maximum atomic E-state index is 12.5. The van der Waals surface area contributed by atoms with Crippen LogP contribution in [0.5, 0.6) is 0 Å². The molecule has 0 saturated heterocycles. The van der Waals surface area contributed by atoms with Crippen molar-refractivity contribution in [1.82, 2.24) is 5.16 Å². The molecule has 0 fully saturated rings. The summed E-state index contributed by atoms with van der Waals surface area (Å²) in [4.78, 5) is 24.8. The summed E-state index contributed by atoms with van der Waals surface area (Å²) in [5.74, 6) is -0.216. The Morgan fingerprint density at radius 1 is 1.04 bits per heavy atom. The zero-order valence-electron chi connectivity index (χ0n) is 14.5. The molecule has 3 rings (SSSR count). The van der Waals surface area contributed by atoms with Crippen molar-refractivity contribution in [3.8, 4) is 0 Å². The largest absolute Gasteiger partial charge is 0.457 e. The molecule has 0 unspecified atom stereocenters. The summed E-state index contributed by atoms with van der Waals surface area (Å²) in [6, 6.07) is 15.5. The van der Waals surface area contributed by atoms with Crippen molar-refractivity contribution in [3.63, 3.8) is 0 Å². The van der Waals surface area contributed by atoms with Gasteiger partial charge in [-0.3, -0.25) is 4.79 Å². The Morgan fingerprint density at radius 3 is 2.42 bits per heavy atom. The molecule has 1 amide bonds. The van der Waals surface area contributed by atoms with Crippen LogP contribution >= 0.6 is 0 Å². The van der Waals surface area contributed by atoms with E-state index in [9.17, 15) is 9.59 Å². The van der Waals surface area contributed by atoms with Gasteiger partial charge in [-0.15, -0.1) is 0 Å². The quantitative estimate of drug-likeness (QED) is 0.706. The first-order chi connectivity index (χ1) is 12.6. The van der Waals surface area contributed by atoms with E-state index in [0.29, 0.717) is 22.7 Å². The van der Waals surface area contributed by atoms with Crippen molar-refractivity contribution < 1.29 is 18.8 Å². The first kappa shape index (κ1) is 17.4. The highest BCUT2D eigenvalue weighted by Gasteiger charge is 2.17. The molecule has 0 atom stereocenters. The number of hydrogen-bond donors (Lipinski definition) is 1. The van der Waals surface area contributed by atoms with Crippen LogP contribution in [0.3, 0.4) is 0 Å². The number of nitrogens with zero attached hydrogens (tertiary/aromatic N) is 1. The van der Waals surface area contributed by atoms with E-state index in [1.807, 2.05) is 6.07 Å². The molecule has 0 aliphatic heterocycles. The van der Waals surface area contributed by atoms with Crippen LogP contribution in [0.25, 0.3) is 0 Å². The Kier molecular flexibility index (Phi) is 5.12. The second-order valence-electron chi connectivity index (χ2n) is 5.74. The molecule has 26 heavy (non-hydrogen) atoms. The van der Waals surface area contributed by atoms with E-state index < -0.39 is 5.97 Å². The fourth-order valence-corrected chi connectivity index (χ4v) is 2.48. The van der Waals surface area contributed by atoms with E-state index in [4.69, 9.17) is 9.26 Å². The normalized spacial score (nSPS) is 10.4. The van der Waals surface area contributed by atoms with Gasteiger partial charge in [-0.25, -0.2) is 4.79 Å². The van der Waals surface area contributed by atoms with Crippen LogP contribution < -0.4 is 5.32 Å². The topological polar surface area (TPSA) is 81.4 Å². The number of ether oxygens (including phenoxy) is 1. The van der Waals surface area contributed by atoms with Gasteiger partial charge in [-0.2, -0.15) is 0 Å². The number of amides is 1. The third kappa shape index (κ3) is 3.80. The summed E-state index contributed by atoms with van der Waals surface area (Å²) < 4.78 is 10.4. The Hall–Kier alpha value is -3.41. The van der Waals surface area contributed by atoms with Gasteiger partial charge < -0.3 is 14.6 Å². The lowest BCUT2D eigenvalue weighted by molar-refractivity contribution is 0.0472. The average Bonchev–Trinajstić information content (AvgIpc) is 2.98. The van der Waals surface area contributed by atoms with Gasteiger partial charge in [-0.1, -0.05) is 35.5 Å². The van der Waals surface area contributed by atoms with Gasteiger partial charge in [0.1, 0.15) is 12.4 Å². The number of hydrogen-bond acceptors (Lipinski definition) is 5. The molecule has 1 N–H and O–H groups in total. The Balaban J connectivity index is 1.74. The molecule has 0 spiro atoms. The Labute approximate surface area is 150 Å². The zero-order chi connectivity index (χ0) is 18.5. The predicted octanol–water partition coefficient (Wildman–Crippen LogP) is 3.90. The van der Waals surface area contributed by atoms with Gasteiger partial charge in [0.2, 0.25) is 0 Å². The van der Waals surface area contributed by atoms with Gasteiger partial charge in [0.05, 0.1) is 22.5 Å². The van der Waals surface area contributed by atoms with Gasteiger partial charge in [0, 0.05) is 5.56 Å². The molecule has 0 aliphatic carbocycles. The van der Waals surface area contributed by atoms with E-state index >= 15 is 0 Å². The number of carbonyl (C=O) groups is 2. The lowest BCUT2D eigenvalue weighted by Crippen LogP contribution is -2.16. The van der Waals surface area contributed by atoms with Crippen molar-refractivity contribution in [3.05, 3.63) is 82.7 Å². The second-order valence-corrected chi connectivity index (χ2v) is 5.74. The summed E-state index contributed by atoms with van der Waals surface area (Å²) in [7, 11) is 0. The number of nitrogens with one attached hydrogen (secondary N) is 1. The maximum absolute atomic E-state index is 12.5. The van der Waals surface area contributed by atoms with Crippen LogP contribution in [-0.4, -0.2) is 17.0 Å². The molecule has 132 valence electrons. The summed E-state index contributed by atoms with van der Waals surface area (Å²) in [5, 5.41) is 6.59. The van der Waals surface area contributed by atoms with E-state index in [1.54, 1.807) is 62.4 Å². The average molecular weight is 350 g/mol. The Bertz CT molecular complexity index is 912. The first-order valence-electron chi connectivity index (χ1n) is 8.10. The third-order valence-corrected chi connectivity index (χ3v) is 3.96. The lowest BCUT2D eigenvalue weighted by atomic mass is 10.1. The zero-order valence-corrected chi connectivity index (χ0v) is 14.5. The Morgan fingerprint density at radius 2 is 1.73 bits per heavy atom. The van der Waals surface area contributed by atoms with Crippen LogP contribution in [0.1, 0.15) is 37.7 Å². The molecule has 0 bridgehead atoms. The molecule has 0 saturated carbocycles. The molecular formula is C20H18N2O4. The number of rotatable bonds is 5. The monoisotopic (exact) mass is 350 g/mol. The van der Waals surface area contributed by atoms with Gasteiger partial charge in [0.15, 0.2) is 0 Å². The van der Waals surface area contributed by atoms with Crippen LogP contribution in [-0.2, 0) is 11.3 Å². The van der Waals surface area contributed by atoms with E-state index in [-0.39, 0.29) is 18.1 Å². The molecule has 3 aromatic rings. The van der Waals surface area contributed by atoms with Crippen molar-refractivity contribution in [1.29, 1.82) is 0 Å². The second kappa shape index (κ2) is 7.65. The number of aromatic nitrogens is 1. The number of aryl methyl sites for hydroxylation is 2. The highest BCUT2D eigenvalue weighted by atomic mass is 16.5. The molecule has 0 aliphatic rings. The number of carbonyl (C=O) groups excluding carboxylic acids is 2. The van der Waals surface area contributed by atoms with Gasteiger partial charge in [0.25, 0.3) is 5.91 Å². The third-order valence-electron chi connectivity index (χ3n) is 3.96. The SMILES string of the molecule is Cc1noc(C)c1COC(=O)c1ccccc1NC(=O)c1ccccc1. The van der Waals surface area contributed by atoms with Crippen molar-refractivity contribution in [2.45, 2.75) is 20.5 Å². The van der Waals surface area contributed by atoms with Crippen molar-refractivity contribution >= 4 is 17.6 Å². The van der Waals surface area contributed by atoms with E-state index in [1.165, 1.54) is 0 Å². The highest BCUT2D eigenvalue weighted by molar-refractivity contribution is 6.07. The number of benzene rings is 2. The predicted molar refractivity (Wildman–Crippen MR) is 95.9 cm³/mol. The molecule has 2 aromatic carbocycles. The highest BCUT2D eigenvalue weighted by Crippen LogP contribution is 2.19. The fourth-order valence-electron chi connectivity index (χ4n) is 2.48. The van der Waals surface area contributed by atoms with Crippen molar-refractivity contribution in [2.75, 3.05) is 5.32 Å². The standard InChI is InChI=1S/C20H18N2O4/c1-13-17(14(2)26-22-13)12-25-20(24)16-10-6-7-11-18(16)21-19(23)15-8-4-3-5-9-15/h3-11H,12H2,1-2H3,(H,21,23). The van der Waals surface area contributed by atoms with Crippen LogP contribution in [0.15, 0.2) is 59.1 Å². The summed E-state index contributed by atoms with van der Waals surface area (Å²) >= 11 is 0. The molecule has 6 nitrogen and oxygen atoms in total. The molecule has 0 radical (unpaired) electrons. The van der Waals surface area contributed by atoms with Crippen LogP contribution in [0.2, 0.25) is 0 Å². The minimum Gasteiger partial charge on any atom is -0.457 e. The lowest BCUT2D eigenvalue weighted by Gasteiger charge is -2.11. The van der Waals surface area contributed by atoms with Gasteiger partial charge in [-0.05, 0) is 38.1 Å². The van der Waals surface area contributed by atoms with Gasteiger partial charge >= 0.3 is 5.97 Å². The minimum atomic E-state index is -0.533. The number of anilines is 1. The van der Waals surface area contributed by atoms with Crippen LogP contribution in [0, 0.1) is 13.8 Å². The van der Waals surface area contributed by atoms with Crippen LogP contribution in [0.4, 0.5) is 5.69 Å². The molecule has 6 heteroatoms. The number of esters is 1. The minimum absolute atomic E-state index is 0.0565.